The molecule has 1 N–H and O–H groups in total. The SMILES string of the molecule is CCN(c1ccc(C#N)c2ccccc12)C(C)CC(=O)O. The van der Waals surface area contributed by atoms with Crippen molar-refractivity contribution in [2.75, 3.05) is 11.4 Å². The minimum Gasteiger partial charge on any atom is -0.481 e. The molecule has 2 aromatic rings. The lowest BCUT2D eigenvalue weighted by Crippen LogP contribution is -2.34. The smallest absolute Gasteiger partial charge is 0.305 e. The zero-order valence-corrected chi connectivity index (χ0v) is 12.2. The standard InChI is InChI=1S/C17H18N2O2/c1-3-19(12(2)10-17(20)21)16-9-8-13(11-18)14-6-4-5-7-15(14)16/h4-9,12H,3,10H2,1-2H3,(H,20,21). The van der Waals surface area contributed by atoms with Gasteiger partial charge in [-0.2, -0.15) is 5.26 Å². The van der Waals surface area contributed by atoms with E-state index in [9.17, 15) is 10.1 Å². The van der Waals surface area contributed by atoms with Gasteiger partial charge in [0.15, 0.2) is 0 Å². The van der Waals surface area contributed by atoms with E-state index in [1.807, 2.05) is 44.2 Å². The average Bonchev–Trinajstić information content (AvgIpc) is 2.47. The number of anilines is 1. The second-order valence-electron chi connectivity index (χ2n) is 5.02. The van der Waals surface area contributed by atoms with Crippen LogP contribution in [-0.4, -0.2) is 23.7 Å². The largest absolute Gasteiger partial charge is 0.481 e. The lowest BCUT2D eigenvalue weighted by Gasteiger charge is -2.30. The summed E-state index contributed by atoms with van der Waals surface area (Å²) in [4.78, 5) is 13.0. The fourth-order valence-electron chi connectivity index (χ4n) is 2.71. The zero-order chi connectivity index (χ0) is 15.4. The molecule has 0 radical (unpaired) electrons. The molecule has 0 fully saturated rings. The van der Waals surface area contributed by atoms with Crippen LogP contribution < -0.4 is 4.90 Å². The first kappa shape index (κ1) is 14.9. The third-order valence-electron chi connectivity index (χ3n) is 3.67. The Hall–Kier alpha value is -2.54. The molecule has 21 heavy (non-hydrogen) atoms. The number of fused-ring (bicyclic) bond motifs is 1. The molecular weight excluding hydrogens is 264 g/mol. The van der Waals surface area contributed by atoms with Gasteiger partial charge in [0.25, 0.3) is 0 Å². The predicted octanol–water partition coefficient (Wildman–Crippen LogP) is 3.40. The van der Waals surface area contributed by atoms with E-state index < -0.39 is 5.97 Å². The van der Waals surface area contributed by atoms with Crippen LogP contribution in [0.25, 0.3) is 10.8 Å². The monoisotopic (exact) mass is 282 g/mol. The van der Waals surface area contributed by atoms with Crippen LogP contribution in [0.5, 0.6) is 0 Å². The summed E-state index contributed by atoms with van der Waals surface area (Å²) in [5.41, 5.74) is 1.61. The maximum Gasteiger partial charge on any atom is 0.305 e. The third kappa shape index (κ3) is 2.97. The van der Waals surface area contributed by atoms with E-state index >= 15 is 0 Å². The average molecular weight is 282 g/mol. The van der Waals surface area contributed by atoms with Crippen LogP contribution in [0.1, 0.15) is 25.8 Å². The van der Waals surface area contributed by atoms with E-state index in [0.29, 0.717) is 12.1 Å². The molecule has 0 saturated heterocycles. The number of carbonyl (C=O) groups is 1. The van der Waals surface area contributed by atoms with Gasteiger partial charge in [-0.3, -0.25) is 4.79 Å². The number of nitriles is 1. The normalized spacial score (nSPS) is 11.9. The predicted molar refractivity (Wildman–Crippen MR) is 83.4 cm³/mol. The molecule has 0 bridgehead atoms. The summed E-state index contributed by atoms with van der Waals surface area (Å²) < 4.78 is 0. The Kier molecular flexibility index (Phi) is 4.44. The minimum atomic E-state index is -0.807. The first-order valence-corrected chi connectivity index (χ1v) is 6.98. The van der Waals surface area contributed by atoms with Crippen LogP contribution in [0.4, 0.5) is 5.69 Å². The Bertz CT molecular complexity index is 703. The van der Waals surface area contributed by atoms with Gasteiger partial charge in [-0.25, -0.2) is 0 Å². The lowest BCUT2D eigenvalue weighted by molar-refractivity contribution is -0.137. The summed E-state index contributed by atoms with van der Waals surface area (Å²) >= 11 is 0. The number of hydrogen-bond donors (Lipinski definition) is 1. The molecule has 0 saturated carbocycles. The maximum atomic E-state index is 11.0. The van der Waals surface area contributed by atoms with Crippen molar-refractivity contribution >= 4 is 22.4 Å². The van der Waals surface area contributed by atoms with Crippen LogP contribution in [-0.2, 0) is 4.79 Å². The molecule has 0 aliphatic rings. The van der Waals surface area contributed by atoms with Crippen molar-refractivity contribution < 1.29 is 9.90 Å². The molecule has 0 heterocycles. The highest BCUT2D eigenvalue weighted by molar-refractivity contribution is 5.98. The topological polar surface area (TPSA) is 64.3 Å². The summed E-state index contributed by atoms with van der Waals surface area (Å²) in [6.07, 6.45) is 0.0855. The number of aliphatic carboxylic acids is 1. The van der Waals surface area contributed by atoms with Crippen LogP contribution >= 0.6 is 0 Å². The molecule has 0 amide bonds. The van der Waals surface area contributed by atoms with Crippen LogP contribution in [0.3, 0.4) is 0 Å². The number of hydrogen-bond acceptors (Lipinski definition) is 3. The van der Waals surface area contributed by atoms with E-state index in [0.717, 1.165) is 16.5 Å². The van der Waals surface area contributed by atoms with E-state index in [1.165, 1.54) is 0 Å². The molecule has 2 rings (SSSR count). The second kappa shape index (κ2) is 6.27. The van der Waals surface area contributed by atoms with Gasteiger partial charge in [-0.1, -0.05) is 24.3 Å². The number of rotatable bonds is 5. The Morgan fingerprint density at radius 2 is 1.95 bits per heavy atom. The third-order valence-corrected chi connectivity index (χ3v) is 3.67. The molecule has 4 nitrogen and oxygen atoms in total. The molecule has 1 unspecified atom stereocenters. The molecule has 108 valence electrons. The number of benzene rings is 2. The summed E-state index contributed by atoms with van der Waals surface area (Å²) in [6.45, 7) is 4.63. The Balaban J connectivity index is 2.55. The van der Waals surface area contributed by atoms with Crippen molar-refractivity contribution in [3.8, 4) is 6.07 Å². The van der Waals surface area contributed by atoms with Gasteiger partial charge in [-0.15, -0.1) is 0 Å². The molecule has 2 aromatic carbocycles. The van der Waals surface area contributed by atoms with Crippen molar-refractivity contribution in [2.45, 2.75) is 26.3 Å². The van der Waals surface area contributed by atoms with Gasteiger partial charge in [0.1, 0.15) is 0 Å². The first-order valence-electron chi connectivity index (χ1n) is 6.98. The molecule has 1 atom stereocenters. The highest BCUT2D eigenvalue weighted by Crippen LogP contribution is 2.30. The quantitative estimate of drug-likeness (QED) is 0.912. The summed E-state index contributed by atoms with van der Waals surface area (Å²) in [5.74, 6) is -0.807. The molecule has 0 aromatic heterocycles. The summed E-state index contributed by atoms with van der Waals surface area (Å²) in [6, 6.07) is 13.5. The van der Waals surface area contributed by atoms with Gasteiger partial charge < -0.3 is 10.0 Å². The molecule has 4 heteroatoms. The van der Waals surface area contributed by atoms with E-state index in [-0.39, 0.29) is 12.5 Å². The van der Waals surface area contributed by atoms with Crippen LogP contribution in [0.2, 0.25) is 0 Å². The number of carboxylic acids is 1. The fraction of sp³-hybridized carbons (Fsp3) is 0.294. The van der Waals surface area contributed by atoms with Crippen LogP contribution in [0, 0.1) is 11.3 Å². The van der Waals surface area contributed by atoms with Gasteiger partial charge in [-0.05, 0) is 26.0 Å². The molecule has 0 aliphatic heterocycles. The Morgan fingerprint density at radius 3 is 2.52 bits per heavy atom. The van der Waals surface area contributed by atoms with Crippen molar-refractivity contribution in [3.05, 3.63) is 42.0 Å². The van der Waals surface area contributed by atoms with Gasteiger partial charge >= 0.3 is 5.97 Å². The van der Waals surface area contributed by atoms with E-state index in [4.69, 9.17) is 5.11 Å². The first-order chi connectivity index (χ1) is 10.1. The number of carboxylic acid groups (broad SMARTS) is 1. The fourth-order valence-corrected chi connectivity index (χ4v) is 2.71. The highest BCUT2D eigenvalue weighted by atomic mass is 16.4. The summed E-state index contributed by atoms with van der Waals surface area (Å²) in [5, 5.41) is 20.1. The number of nitrogens with zero attached hydrogens (tertiary/aromatic N) is 2. The Labute approximate surface area is 124 Å². The van der Waals surface area contributed by atoms with Crippen molar-refractivity contribution in [1.82, 2.24) is 0 Å². The lowest BCUT2D eigenvalue weighted by atomic mass is 10.0. The summed E-state index contributed by atoms with van der Waals surface area (Å²) in [7, 11) is 0. The van der Waals surface area contributed by atoms with Gasteiger partial charge in [0.05, 0.1) is 18.1 Å². The molecule has 0 aliphatic carbocycles. The van der Waals surface area contributed by atoms with Crippen LogP contribution in [0.15, 0.2) is 36.4 Å². The van der Waals surface area contributed by atoms with E-state index in [1.54, 1.807) is 6.07 Å². The second-order valence-corrected chi connectivity index (χ2v) is 5.02. The van der Waals surface area contributed by atoms with E-state index in [2.05, 4.69) is 11.0 Å². The molecular formula is C17H18N2O2. The van der Waals surface area contributed by atoms with Gasteiger partial charge in [0.2, 0.25) is 0 Å². The molecule has 0 spiro atoms. The Morgan fingerprint density at radius 1 is 1.29 bits per heavy atom. The van der Waals surface area contributed by atoms with Crippen molar-refractivity contribution in [1.29, 1.82) is 5.26 Å². The maximum absolute atomic E-state index is 11.0. The highest BCUT2D eigenvalue weighted by Gasteiger charge is 2.18. The van der Waals surface area contributed by atoms with Gasteiger partial charge in [0, 0.05) is 29.0 Å². The minimum absolute atomic E-state index is 0.0855. The zero-order valence-electron chi connectivity index (χ0n) is 12.2. The van der Waals surface area contributed by atoms with Crippen molar-refractivity contribution in [3.63, 3.8) is 0 Å². The van der Waals surface area contributed by atoms with Crippen molar-refractivity contribution in [2.24, 2.45) is 0 Å².